The maximum Gasteiger partial charge on any atom is 0.143 e. The third kappa shape index (κ3) is 2.49. The summed E-state index contributed by atoms with van der Waals surface area (Å²) in [7, 11) is 0. The van der Waals surface area contributed by atoms with E-state index in [0.717, 1.165) is 17.3 Å². The zero-order valence-corrected chi connectivity index (χ0v) is 10.8. The molecule has 100 valence electrons. The lowest BCUT2D eigenvalue weighted by molar-refractivity contribution is 0.628. The van der Waals surface area contributed by atoms with Crippen molar-refractivity contribution in [3.05, 3.63) is 60.7 Å². The van der Waals surface area contributed by atoms with Gasteiger partial charge in [0.05, 0.1) is 0 Å². The summed E-state index contributed by atoms with van der Waals surface area (Å²) in [6, 6.07) is 7.89. The normalized spacial score (nSPS) is 10.5. The van der Waals surface area contributed by atoms with Crippen LogP contribution in [0.15, 0.2) is 49.1 Å². The number of nitrogens with zero attached hydrogens (tertiary/aromatic N) is 4. The maximum atomic E-state index is 12.9. The zero-order chi connectivity index (χ0) is 13.9. The molecule has 20 heavy (non-hydrogen) atoms. The fourth-order valence-corrected chi connectivity index (χ4v) is 1.85. The number of hydrogen-bond donors (Lipinski definition) is 1. The molecular formula is C14H12FN5. The molecule has 1 N–H and O–H groups in total. The Hall–Kier alpha value is -2.76. The summed E-state index contributed by atoms with van der Waals surface area (Å²) < 4.78 is 14.7. The molecule has 0 unspecified atom stereocenters. The highest BCUT2D eigenvalue weighted by atomic mass is 19.1. The highest BCUT2D eigenvalue weighted by molar-refractivity contribution is 5.57. The molecule has 0 aliphatic heterocycles. The Morgan fingerprint density at radius 1 is 1.10 bits per heavy atom. The first-order valence-corrected chi connectivity index (χ1v) is 6.07. The van der Waals surface area contributed by atoms with E-state index in [1.54, 1.807) is 24.4 Å². The van der Waals surface area contributed by atoms with Gasteiger partial charge in [-0.1, -0.05) is 0 Å². The second kappa shape index (κ2) is 5.08. The van der Waals surface area contributed by atoms with Crippen LogP contribution in [0.2, 0.25) is 0 Å². The standard InChI is InChI=1S/C14H12FN5/c1-10-16-6-7-20(10)14-8-13(17-9-18-14)19-12-4-2-11(15)3-5-12/h2-9H,1H3,(H,17,18,19). The molecule has 0 radical (unpaired) electrons. The number of aromatic nitrogens is 4. The van der Waals surface area contributed by atoms with Crippen molar-refractivity contribution < 1.29 is 4.39 Å². The number of aryl methyl sites for hydroxylation is 1. The average molecular weight is 269 g/mol. The fourth-order valence-electron chi connectivity index (χ4n) is 1.85. The van der Waals surface area contributed by atoms with Gasteiger partial charge >= 0.3 is 0 Å². The zero-order valence-electron chi connectivity index (χ0n) is 10.8. The van der Waals surface area contributed by atoms with Crippen LogP contribution >= 0.6 is 0 Å². The molecule has 2 heterocycles. The van der Waals surface area contributed by atoms with Crippen LogP contribution in [0.25, 0.3) is 5.82 Å². The molecule has 0 saturated heterocycles. The van der Waals surface area contributed by atoms with E-state index in [9.17, 15) is 4.39 Å². The van der Waals surface area contributed by atoms with Gasteiger partial charge in [-0.15, -0.1) is 0 Å². The van der Waals surface area contributed by atoms with Crippen LogP contribution in [-0.2, 0) is 0 Å². The molecule has 5 nitrogen and oxygen atoms in total. The third-order valence-electron chi connectivity index (χ3n) is 2.84. The Morgan fingerprint density at radius 3 is 2.60 bits per heavy atom. The van der Waals surface area contributed by atoms with Gasteiger partial charge in [0.25, 0.3) is 0 Å². The van der Waals surface area contributed by atoms with Crippen LogP contribution in [0, 0.1) is 12.7 Å². The van der Waals surface area contributed by atoms with Crippen LogP contribution in [0.3, 0.4) is 0 Å². The lowest BCUT2D eigenvalue weighted by Crippen LogP contribution is -2.01. The van der Waals surface area contributed by atoms with Gasteiger partial charge in [0.15, 0.2) is 0 Å². The number of imidazole rings is 1. The van der Waals surface area contributed by atoms with Crippen molar-refractivity contribution in [1.29, 1.82) is 0 Å². The minimum atomic E-state index is -0.270. The molecule has 0 aliphatic rings. The van der Waals surface area contributed by atoms with Crippen LogP contribution in [0.4, 0.5) is 15.9 Å². The molecule has 0 saturated carbocycles. The summed E-state index contributed by atoms with van der Waals surface area (Å²) in [5.41, 5.74) is 0.762. The molecule has 0 aliphatic carbocycles. The minimum absolute atomic E-state index is 0.270. The lowest BCUT2D eigenvalue weighted by atomic mass is 10.3. The van der Waals surface area contributed by atoms with E-state index in [-0.39, 0.29) is 5.82 Å². The number of nitrogens with one attached hydrogen (secondary N) is 1. The molecule has 3 rings (SSSR count). The van der Waals surface area contributed by atoms with Gasteiger partial charge in [-0.3, -0.25) is 4.57 Å². The third-order valence-corrected chi connectivity index (χ3v) is 2.84. The average Bonchev–Trinajstić information content (AvgIpc) is 2.88. The second-order valence-corrected chi connectivity index (χ2v) is 4.24. The monoisotopic (exact) mass is 269 g/mol. The number of rotatable bonds is 3. The van der Waals surface area contributed by atoms with Gasteiger partial charge in [-0.2, -0.15) is 0 Å². The maximum absolute atomic E-state index is 12.9. The Labute approximate surface area is 115 Å². The van der Waals surface area contributed by atoms with Crippen LogP contribution in [0.1, 0.15) is 5.82 Å². The van der Waals surface area contributed by atoms with E-state index in [2.05, 4.69) is 20.3 Å². The molecule has 0 fully saturated rings. The van der Waals surface area contributed by atoms with E-state index in [0.29, 0.717) is 5.82 Å². The molecule has 0 amide bonds. The topological polar surface area (TPSA) is 55.6 Å². The second-order valence-electron chi connectivity index (χ2n) is 4.24. The van der Waals surface area contributed by atoms with Crippen molar-refractivity contribution in [3.63, 3.8) is 0 Å². The van der Waals surface area contributed by atoms with E-state index < -0.39 is 0 Å². The highest BCUT2D eigenvalue weighted by Crippen LogP contribution is 2.16. The molecule has 6 heteroatoms. The number of anilines is 2. The first kappa shape index (κ1) is 12.3. The Bertz CT molecular complexity index is 720. The summed E-state index contributed by atoms with van der Waals surface area (Å²) >= 11 is 0. The van der Waals surface area contributed by atoms with Gasteiger partial charge in [0.2, 0.25) is 0 Å². The Morgan fingerprint density at radius 2 is 1.90 bits per heavy atom. The summed E-state index contributed by atoms with van der Waals surface area (Å²) in [6.45, 7) is 1.90. The SMILES string of the molecule is Cc1nccn1-c1cc(Nc2ccc(F)cc2)ncn1. The van der Waals surface area contributed by atoms with Crippen molar-refractivity contribution in [2.24, 2.45) is 0 Å². The summed E-state index contributed by atoms with van der Waals surface area (Å²) in [5, 5.41) is 3.10. The number of hydrogen-bond acceptors (Lipinski definition) is 4. The molecule has 2 aromatic heterocycles. The van der Waals surface area contributed by atoms with Crippen LogP contribution < -0.4 is 5.32 Å². The highest BCUT2D eigenvalue weighted by Gasteiger charge is 2.04. The number of benzene rings is 1. The molecule has 0 bridgehead atoms. The van der Waals surface area contributed by atoms with Gasteiger partial charge in [-0.05, 0) is 31.2 Å². The summed E-state index contributed by atoms with van der Waals surface area (Å²) in [5.74, 6) is 1.93. The quantitative estimate of drug-likeness (QED) is 0.794. The smallest absolute Gasteiger partial charge is 0.143 e. The molecular weight excluding hydrogens is 257 g/mol. The van der Waals surface area contributed by atoms with Crippen molar-refractivity contribution in [1.82, 2.24) is 19.5 Å². The number of halogens is 1. The Kier molecular flexibility index (Phi) is 3.12. The van der Waals surface area contributed by atoms with Crippen molar-refractivity contribution in [2.75, 3.05) is 5.32 Å². The predicted molar refractivity (Wildman–Crippen MR) is 73.6 cm³/mol. The van der Waals surface area contributed by atoms with Crippen LogP contribution in [0.5, 0.6) is 0 Å². The minimum Gasteiger partial charge on any atom is -0.340 e. The molecule has 0 spiro atoms. The first-order chi connectivity index (χ1) is 9.72. The van der Waals surface area contributed by atoms with Gasteiger partial charge in [0.1, 0.15) is 29.6 Å². The van der Waals surface area contributed by atoms with Crippen molar-refractivity contribution in [2.45, 2.75) is 6.92 Å². The fraction of sp³-hybridized carbons (Fsp3) is 0.0714. The van der Waals surface area contributed by atoms with Crippen LogP contribution in [-0.4, -0.2) is 19.5 Å². The van der Waals surface area contributed by atoms with Gasteiger partial charge in [0, 0.05) is 24.1 Å². The van der Waals surface area contributed by atoms with Gasteiger partial charge < -0.3 is 5.32 Å². The van der Waals surface area contributed by atoms with E-state index in [1.807, 2.05) is 17.7 Å². The van der Waals surface area contributed by atoms with E-state index >= 15 is 0 Å². The Balaban J connectivity index is 1.88. The molecule has 0 atom stereocenters. The van der Waals surface area contributed by atoms with Crippen molar-refractivity contribution in [3.8, 4) is 5.82 Å². The van der Waals surface area contributed by atoms with E-state index in [1.165, 1.54) is 18.5 Å². The lowest BCUT2D eigenvalue weighted by Gasteiger charge is -2.08. The van der Waals surface area contributed by atoms with Crippen molar-refractivity contribution >= 4 is 11.5 Å². The summed E-state index contributed by atoms with van der Waals surface area (Å²) in [4.78, 5) is 12.5. The summed E-state index contributed by atoms with van der Waals surface area (Å²) in [6.07, 6.45) is 5.02. The predicted octanol–water partition coefficient (Wildman–Crippen LogP) is 2.85. The molecule has 3 aromatic rings. The van der Waals surface area contributed by atoms with E-state index in [4.69, 9.17) is 0 Å². The first-order valence-electron chi connectivity index (χ1n) is 6.07. The largest absolute Gasteiger partial charge is 0.340 e. The molecule has 1 aromatic carbocycles. The van der Waals surface area contributed by atoms with Gasteiger partial charge in [-0.25, -0.2) is 19.3 Å².